The molecule has 0 atom stereocenters. The van der Waals surface area contributed by atoms with Gasteiger partial charge in [0.25, 0.3) is 0 Å². The summed E-state index contributed by atoms with van der Waals surface area (Å²) in [6, 6.07) is 20.2. The lowest BCUT2D eigenvalue weighted by atomic mass is 9.99. The Kier molecular flexibility index (Phi) is 4.73. The standard InChI is InChI=1S/C22H18ClNO3S/c1-15(25)24-13-18-8-7-17(16-5-3-2-4-6-16)11-19(18)14-28(26,27)22-12-20(23)9-10-21(22)24/h2-12H,13-14H2,1H3. The van der Waals surface area contributed by atoms with Crippen molar-refractivity contribution in [2.75, 3.05) is 4.90 Å². The van der Waals surface area contributed by atoms with Crippen molar-refractivity contribution in [3.63, 3.8) is 0 Å². The number of carbonyl (C=O) groups is 1. The highest BCUT2D eigenvalue weighted by Gasteiger charge is 2.29. The molecule has 4 nitrogen and oxygen atoms in total. The van der Waals surface area contributed by atoms with Crippen LogP contribution in [0.2, 0.25) is 5.02 Å². The molecule has 0 aliphatic carbocycles. The second kappa shape index (κ2) is 7.08. The van der Waals surface area contributed by atoms with E-state index < -0.39 is 9.84 Å². The van der Waals surface area contributed by atoms with E-state index in [2.05, 4.69) is 0 Å². The zero-order valence-electron chi connectivity index (χ0n) is 15.2. The third-order valence-corrected chi connectivity index (χ3v) is 6.84. The monoisotopic (exact) mass is 411 g/mol. The van der Waals surface area contributed by atoms with E-state index >= 15 is 0 Å². The number of carbonyl (C=O) groups excluding carboxylic acids is 1. The third kappa shape index (κ3) is 3.43. The summed E-state index contributed by atoms with van der Waals surface area (Å²) in [5, 5.41) is 0.324. The van der Waals surface area contributed by atoms with Crippen LogP contribution in [0.3, 0.4) is 0 Å². The highest BCUT2D eigenvalue weighted by molar-refractivity contribution is 7.90. The Morgan fingerprint density at radius 2 is 1.68 bits per heavy atom. The van der Waals surface area contributed by atoms with Crippen molar-refractivity contribution in [1.82, 2.24) is 0 Å². The van der Waals surface area contributed by atoms with Crippen molar-refractivity contribution in [2.45, 2.75) is 24.1 Å². The topological polar surface area (TPSA) is 54.5 Å². The van der Waals surface area contributed by atoms with Crippen LogP contribution in [-0.4, -0.2) is 14.3 Å². The Hall–Kier alpha value is -2.63. The van der Waals surface area contributed by atoms with Crippen LogP contribution in [0.5, 0.6) is 0 Å². The molecule has 0 saturated carbocycles. The number of hydrogen-bond acceptors (Lipinski definition) is 3. The minimum absolute atomic E-state index is 0.0889. The summed E-state index contributed by atoms with van der Waals surface area (Å²) in [6.45, 7) is 1.74. The molecule has 6 heteroatoms. The number of nitrogens with zero attached hydrogens (tertiary/aromatic N) is 1. The van der Waals surface area contributed by atoms with Gasteiger partial charge in [0, 0.05) is 11.9 Å². The summed E-state index contributed by atoms with van der Waals surface area (Å²) < 4.78 is 26.4. The lowest BCUT2D eigenvalue weighted by Crippen LogP contribution is -2.31. The Balaban J connectivity index is 1.90. The van der Waals surface area contributed by atoms with E-state index in [1.807, 2.05) is 48.5 Å². The van der Waals surface area contributed by atoms with Crippen LogP contribution in [-0.2, 0) is 26.9 Å². The molecule has 0 saturated heterocycles. The summed E-state index contributed by atoms with van der Waals surface area (Å²) in [5.74, 6) is -0.360. The predicted molar refractivity (Wildman–Crippen MR) is 111 cm³/mol. The van der Waals surface area contributed by atoms with Gasteiger partial charge in [0.1, 0.15) is 0 Å². The van der Waals surface area contributed by atoms with Crippen LogP contribution in [0.25, 0.3) is 11.1 Å². The van der Waals surface area contributed by atoms with Crippen molar-refractivity contribution >= 4 is 33.0 Å². The van der Waals surface area contributed by atoms with Gasteiger partial charge < -0.3 is 4.90 Å². The summed E-state index contributed by atoms with van der Waals surface area (Å²) in [4.78, 5) is 13.9. The van der Waals surface area contributed by atoms with Gasteiger partial charge in [-0.15, -0.1) is 0 Å². The fourth-order valence-corrected chi connectivity index (χ4v) is 5.38. The maximum Gasteiger partial charge on any atom is 0.224 e. The van der Waals surface area contributed by atoms with E-state index in [9.17, 15) is 13.2 Å². The number of fused-ring (bicyclic) bond motifs is 2. The minimum atomic E-state index is -3.68. The van der Waals surface area contributed by atoms with Gasteiger partial charge in [-0.3, -0.25) is 4.79 Å². The minimum Gasteiger partial charge on any atom is -0.307 e. The van der Waals surface area contributed by atoms with Gasteiger partial charge in [0.05, 0.1) is 22.9 Å². The molecule has 1 aliphatic heterocycles. The molecule has 0 unspecified atom stereocenters. The lowest BCUT2D eigenvalue weighted by molar-refractivity contribution is -0.116. The second-order valence-electron chi connectivity index (χ2n) is 6.83. The van der Waals surface area contributed by atoms with E-state index in [0.29, 0.717) is 22.8 Å². The normalized spacial score (nSPS) is 15.1. The average molecular weight is 412 g/mol. The third-order valence-electron chi connectivity index (χ3n) is 4.92. The average Bonchev–Trinajstić information content (AvgIpc) is 2.66. The number of hydrogen-bond donors (Lipinski definition) is 0. The van der Waals surface area contributed by atoms with Crippen molar-refractivity contribution in [2.24, 2.45) is 0 Å². The first-order valence-electron chi connectivity index (χ1n) is 8.83. The number of anilines is 1. The van der Waals surface area contributed by atoms with Crippen molar-refractivity contribution in [3.8, 4) is 11.1 Å². The maximum absolute atomic E-state index is 13.2. The fraction of sp³-hybridized carbons (Fsp3) is 0.136. The predicted octanol–water partition coefficient (Wildman–Crippen LogP) is 4.85. The second-order valence-corrected chi connectivity index (χ2v) is 9.22. The smallest absolute Gasteiger partial charge is 0.224 e. The Labute approximate surface area is 169 Å². The van der Waals surface area contributed by atoms with Crippen LogP contribution in [0, 0.1) is 0 Å². The highest BCUT2D eigenvalue weighted by Crippen LogP contribution is 2.36. The molecule has 1 amide bonds. The quantitative estimate of drug-likeness (QED) is 0.575. The number of amides is 1. The molecular formula is C22H18ClNO3S. The van der Waals surface area contributed by atoms with E-state index in [1.54, 1.807) is 12.1 Å². The molecule has 0 spiro atoms. The molecular weight excluding hydrogens is 394 g/mol. The van der Waals surface area contributed by atoms with E-state index in [4.69, 9.17) is 11.6 Å². The van der Waals surface area contributed by atoms with E-state index in [0.717, 1.165) is 16.7 Å². The van der Waals surface area contributed by atoms with Crippen LogP contribution < -0.4 is 4.90 Å². The summed E-state index contributed by atoms with van der Waals surface area (Å²) >= 11 is 6.06. The SMILES string of the molecule is CC(=O)N1Cc2ccc(-c3ccccc3)cc2CS(=O)(=O)c2cc(Cl)ccc21. The molecule has 0 fully saturated rings. The number of benzene rings is 3. The Morgan fingerprint density at radius 3 is 2.39 bits per heavy atom. The number of halogens is 1. The van der Waals surface area contributed by atoms with Crippen LogP contribution >= 0.6 is 11.6 Å². The highest BCUT2D eigenvalue weighted by atomic mass is 35.5. The molecule has 0 aromatic heterocycles. The van der Waals surface area contributed by atoms with Gasteiger partial charge in [-0.25, -0.2) is 8.42 Å². The van der Waals surface area contributed by atoms with Gasteiger partial charge in [0.15, 0.2) is 9.84 Å². The molecule has 3 aromatic rings. The molecule has 0 bridgehead atoms. The maximum atomic E-state index is 13.2. The first-order chi connectivity index (χ1) is 13.3. The van der Waals surface area contributed by atoms with Crippen LogP contribution in [0.4, 0.5) is 5.69 Å². The number of rotatable bonds is 1. The first kappa shape index (κ1) is 18.7. The van der Waals surface area contributed by atoms with Crippen LogP contribution in [0.15, 0.2) is 71.6 Å². The molecule has 0 radical (unpaired) electrons. The van der Waals surface area contributed by atoms with Crippen LogP contribution in [0.1, 0.15) is 18.1 Å². The van der Waals surface area contributed by atoms with E-state index in [-0.39, 0.29) is 16.6 Å². The van der Waals surface area contributed by atoms with Gasteiger partial charge in [-0.2, -0.15) is 0 Å². The first-order valence-corrected chi connectivity index (χ1v) is 10.9. The zero-order valence-corrected chi connectivity index (χ0v) is 16.8. The van der Waals surface area contributed by atoms with Crippen molar-refractivity contribution in [1.29, 1.82) is 0 Å². The summed E-state index contributed by atoms with van der Waals surface area (Å²) in [7, 11) is -3.68. The molecule has 28 heavy (non-hydrogen) atoms. The van der Waals surface area contributed by atoms with Gasteiger partial charge in [0.2, 0.25) is 5.91 Å². The number of sulfone groups is 1. The fourth-order valence-electron chi connectivity index (χ4n) is 3.50. The van der Waals surface area contributed by atoms with Crippen molar-refractivity contribution in [3.05, 3.63) is 82.9 Å². The molecule has 1 aliphatic rings. The zero-order chi connectivity index (χ0) is 19.9. The van der Waals surface area contributed by atoms with Crippen molar-refractivity contribution < 1.29 is 13.2 Å². The molecule has 142 valence electrons. The van der Waals surface area contributed by atoms with Gasteiger partial charge in [-0.1, -0.05) is 54.1 Å². The summed E-state index contributed by atoms with van der Waals surface area (Å²) in [6.07, 6.45) is 0. The molecule has 3 aromatic carbocycles. The van der Waals surface area contributed by atoms with E-state index in [1.165, 1.54) is 17.9 Å². The van der Waals surface area contributed by atoms with Gasteiger partial charge in [-0.05, 0) is 46.5 Å². The lowest BCUT2D eigenvalue weighted by Gasteiger charge is -2.28. The Bertz CT molecular complexity index is 1170. The Morgan fingerprint density at radius 1 is 0.929 bits per heavy atom. The molecule has 0 N–H and O–H groups in total. The van der Waals surface area contributed by atoms with Gasteiger partial charge >= 0.3 is 0 Å². The molecule has 4 rings (SSSR count). The largest absolute Gasteiger partial charge is 0.307 e. The summed E-state index contributed by atoms with van der Waals surface area (Å²) in [5.41, 5.74) is 3.83. The molecule has 1 heterocycles.